The topological polar surface area (TPSA) is 76.5 Å². The number of likely N-dealkylation sites (tertiary alicyclic amines) is 1. The third kappa shape index (κ3) is 4.28. The van der Waals surface area contributed by atoms with E-state index in [-0.39, 0.29) is 17.7 Å². The molecule has 0 aliphatic carbocycles. The predicted octanol–water partition coefficient (Wildman–Crippen LogP) is 3.16. The van der Waals surface area contributed by atoms with Gasteiger partial charge in [-0.3, -0.25) is 10.1 Å². The summed E-state index contributed by atoms with van der Waals surface area (Å²) in [6.07, 6.45) is 1.32. The van der Waals surface area contributed by atoms with Crippen LogP contribution in [-0.4, -0.2) is 39.9 Å². The molecule has 2 amide bonds. The summed E-state index contributed by atoms with van der Waals surface area (Å²) in [5.41, 5.74) is -0.236. The third-order valence-corrected chi connectivity index (χ3v) is 4.94. The molecule has 2 heterocycles. The van der Waals surface area contributed by atoms with E-state index in [1.165, 1.54) is 23.9 Å². The summed E-state index contributed by atoms with van der Waals surface area (Å²) >= 11 is 12.1. The van der Waals surface area contributed by atoms with Crippen molar-refractivity contribution in [1.82, 2.24) is 14.7 Å². The number of rotatable bonds is 3. The number of ether oxygens (including phenoxy) is 1. The van der Waals surface area contributed by atoms with Gasteiger partial charge in [0.1, 0.15) is 16.9 Å². The highest BCUT2D eigenvalue weighted by molar-refractivity contribution is 6.42. The van der Waals surface area contributed by atoms with Crippen LogP contribution in [0.15, 0.2) is 35.1 Å². The van der Waals surface area contributed by atoms with Gasteiger partial charge >= 0.3 is 6.03 Å². The molecule has 1 saturated heterocycles. The van der Waals surface area contributed by atoms with Crippen molar-refractivity contribution < 1.29 is 9.53 Å². The smallest absolute Gasteiger partial charge is 0.323 e. The van der Waals surface area contributed by atoms with E-state index in [1.807, 2.05) is 0 Å². The third-order valence-electron chi connectivity index (χ3n) is 4.13. The van der Waals surface area contributed by atoms with Gasteiger partial charge in [-0.2, -0.15) is 5.10 Å². The van der Waals surface area contributed by atoms with E-state index in [0.29, 0.717) is 47.5 Å². The molecule has 0 atom stereocenters. The van der Waals surface area contributed by atoms with E-state index in [4.69, 9.17) is 27.9 Å². The number of carbonyl (C=O) groups is 1. The summed E-state index contributed by atoms with van der Waals surface area (Å²) in [5, 5.41) is 7.54. The molecular formula is C17H18Cl2N4O3. The molecule has 1 aromatic heterocycles. The van der Waals surface area contributed by atoms with Gasteiger partial charge in [-0.25, -0.2) is 9.48 Å². The van der Waals surface area contributed by atoms with Crippen LogP contribution >= 0.6 is 23.2 Å². The van der Waals surface area contributed by atoms with Crippen molar-refractivity contribution in [3.05, 3.63) is 50.7 Å². The highest BCUT2D eigenvalue weighted by atomic mass is 35.5. The number of nitrogens with one attached hydrogen (secondary N) is 1. The molecule has 7 nitrogen and oxygen atoms in total. The Bertz CT molecular complexity index is 863. The van der Waals surface area contributed by atoms with Gasteiger partial charge in [0, 0.05) is 39.0 Å². The number of anilines is 1. The molecule has 2 aromatic rings. The summed E-state index contributed by atoms with van der Waals surface area (Å²) in [4.78, 5) is 25.4. The lowest BCUT2D eigenvalue weighted by Crippen LogP contribution is -2.44. The minimum absolute atomic E-state index is 0.0364. The van der Waals surface area contributed by atoms with Crippen molar-refractivity contribution >= 4 is 35.1 Å². The minimum atomic E-state index is -0.254. The standard InChI is InChI=1S/C17H18Cl2N4O3/c1-22-15(24)6-5-14(21-22)20-17(25)23-9-7-11(8-10-23)26-13-4-2-3-12(18)16(13)19/h2-6,11H,7-10H2,1H3,(H,20,21,25). The maximum atomic E-state index is 12.3. The van der Waals surface area contributed by atoms with E-state index in [0.717, 1.165) is 0 Å². The fourth-order valence-electron chi connectivity index (χ4n) is 2.69. The van der Waals surface area contributed by atoms with E-state index in [2.05, 4.69) is 10.4 Å². The summed E-state index contributed by atoms with van der Waals surface area (Å²) in [7, 11) is 1.53. The van der Waals surface area contributed by atoms with Crippen molar-refractivity contribution in [2.45, 2.75) is 18.9 Å². The summed E-state index contributed by atoms with van der Waals surface area (Å²) < 4.78 is 7.09. The van der Waals surface area contributed by atoms with Crippen LogP contribution in [-0.2, 0) is 7.05 Å². The van der Waals surface area contributed by atoms with Crippen LogP contribution in [0.5, 0.6) is 5.75 Å². The zero-order chi connectivity index (χ0) is 18.7. The largest absolute Gasteiger partial charge is 0.489 e. The summed E-state index contributed by atoms with van der Waals surface area (Å²) in [6, 6.07) is 7.85. The van der Waals surface area contributed by atoms with Crippen LogP contribution in [0.3, 0.4) is 0 Å². The molecule has 1 aliphatic rings. The second kappa shape index (κ2) is 7.97. The minimum Gasteiger partial charge on any atom is -0.489 e. The molecule has 1 aromatic carbocycles. The van der Waals surface area contributed by atoms with E-state index in [9.17, 15) is 9.59 Å². The Hall–Kier alpha value is -2.25. The lowest BCUT2D eigenvalue weighted by Gasteiger charge is -2.32. The Balaban J connectivity index is 1.54. The number of benzene rings is 1. The first-order chi connectivity index (χ1) is 12.4. The summed E-state index contributed by atoms with van der Waals surface area (Å²) in [5.74, 6) is 0.887. The molecular weight excluding hydrogens is 379 g/mol. The normalized spacial score (nSPS) is 15.0. The first-order valence-corrected chi connectivity index (χ1v) is 8.90. The van der Waals surface area contributed by atoms with Gasteiger partial charge in [-0.15, -0.1) is 0 Å². The van der Waals surface area contributed by atoms with Crippen LogP contribution in [0.4, 0.5) is 10.6 Å². The molecule has 0 radical (unpaired) electrons. The molecule has 0 bridgehead atoms. The first kappa shape index (κ1) is 18.5. The molecule has 26 heavy (non-hydrogen) atoms. The highest BCUT2D eigenvalue weighted by Gasteiger charge is 2.25. The van der Waals surface area contributed by atoms with Crippen LogP contribution in [0, 0.1) is 0 Å². The maximum absolute atomic E-state index is 12.3. The first-order valence-electron chi connectivity index (χ1n) is 8.15. The molecule has 1 N–H and O–H groups in total. The summed E-state index contributed by atoms with van der Waals surface area (Å²) in [6.45, 7) is 1.08. The van der Waals surface area contributed by atoms with Crippen molar-refractivity contribution in [3.8, 4) is 5.75 Å². The molecule has 1 fully saturated rings. The van der Waals surface area contributed by atoms with Gasteiger partial charge in [0.15, 0.2) is 5.82 Å². The van der Waals surface area contributed by atoms with Crippen LogP contribution < -0.4 is 15.6 Å². The fraction of sp³-hybridized carbons (Fsp3) is 0.353. The number of hydrogen-bond donors (Lipinski definition) is 1. The zero-order valence-electron chi connectivity index (χ0n) is 14.1. The Kier molecular flexibility index (Phi) is 5.68. The number of aromatic nitrogens is 2. The highest BCUT2D eigenvalue weighted by Crippen LogP contribution is 2.33. The molecule has 3 rings (SSSR count). The van der Waals surface area contributed by atoms with Crippen molar-refractivity contribution in [1.29, 1.82) is 0 Å². The number of hydrogen-bond acceptors (Lipinski definition) is 4. The van der Waals surface area contributed by atoms with Crippen LogP contribution in [0.25, 0.3) is 0 Å². The van der Waals surface area contributed by atoms with Crippen molar-refractivity contribution in [2.24, 2.45) is 7.05 Å². The maximum Gasteiger partial charge on any atom is 0.323 e. The second-order valence-corrected chi connectivity index (χ2v) is 6.75. The van der Waals surface area contributed by atoms with Gasteiger partial charge in [-0.1, -0.05) is 29.3 Å². The number of amides is 2. The van der Waals surface area contributed by atoms with Crippen LogP contribution in [0.2, 0.25) is 10.0 Å². The quantitative estimate of drug-likeness (QED) is 0.863. The van der Waals surface area contributed by atoms with Gasteiger partial charge in [0.2, 0.25) is 0 Å². The number of aryl methyl sites for hydroxylation is 1. The average molecular weight is 397 g/mol. The predicted molar refractivity (Wildman–Crippen MR) is 100 cm³/mol. The number of nitrogens with zero attached hydrogens (tertiary/aromatic N) is 3. The van der Waals surface area contributed by atoms with E-state index < -0.39 is 0 Å². The number of halogens is 2. The SMILES string of the molecule is Cn1nc(NC(=O)N2CCC(Oc3cccc(Cl)c3Cl)CC2)ccc1=O. The van der Waals surface area contributed by atoms with Gasteiger partial charge in [-0.05, 0) is 18.2 Å². The average Bonchev–Trinajstić information content (AvgIpc) is 2.63. The number of urea groups is 1. The monoisotopic (exact) mass is 396 g/mol. The van der Waals surface area contributed by atoms with Gasteiger partial charge in [0.05, 0.1) is 5.02 Å². The van der Waals surface area contributed by atoms with Crippen LogP contribution in [0.1, 0.15) is 12.8 Å². The number of piperidine rings is 1. The Morgan fingerprint density at radius 1 is 1.23 bits per heavy atom. The molecule has 0 unspecified atom stereocenters. The Morgan fingerprint density at radius 2 is 1.96 bits per heavy atom. The molecule has 0 spiro atoms. The number of carbonyl (C=O) groups excluding carboxylic acids is 1. The molecule has 0 saturated carbocycles. The Morgan fingerprint density at radius 3 is 2.65 bits per heavy atom. The zero-order valence-corrected chi connectivity index (χ0v) is 15.6. The molecule has 1 aliphatic heterocycles. The van der Waals surface area contributed by atoms with Crippen molar-refractivity contribution in [2.75, 3.05) is 18.4 Å². The molecule has 9 heteroatoms. The fourth-order valence-corrected chi connectivity index (χ4v) is 3.03. The lowest BCUT2D eigenvalue weighted by atomic mass is 10.1. The lowest BCUT2D eigenvalue weighted by molar-refractivity contribution is 0.115. The Labute approximate surface area is 160 Å². The van der Waals surface area contributed by atoms with E-state index in [1.54, 1.807) is 23.1 Å². The van der Waals surface area contributed by atoms with Crippen molar-refractivity contribution in [3.63, 3.8) is 0 Å². The van der Waals surface area contributed by atoms with Gasteiger partial charge in [0.25, 0.3) is 5.56 Å². The van der Waals surface area contributed by atoms with Gasteiger partial charge < -0.3 is 9.64 Å². The second-order valence-electron chi connectivity index (χ2n) is 5.97. The van der Waals surface area contributed by atoms with E-state index >= 15 is 0 Å². The molecule has 138 valence electrons.